The molecule has 0 saturated carbocycles. The molecule has 0 aliphatic carbocycles. The van der Waals surface area contributed by atoms with Crippen molar-refractivity contribution in [2.45, 2.75) is 13.8 Å². The molecule has 0 atom stereocenters. The lowest BCUT2D eigenvalue weighted by atomic mass is 10.3. The van der Waals surface area contributed by atoms with Crippen molar-refractivity contribution >= 4 is 107 Å². The Labute approximate surface area is 192 Å². The summed E-state index contributed by atoms with van der Waals surface area (Å²) in [5.74, 6) is -0.318. The minimum Gasteiger partial charge on any atom is -0.508 e. The summed E-state index contributed by atoms with van der Waals surface area (Å²) < 4.78 is 36.6. The van der Waals surface area contributed by atoms with E-state index in [1.807, 2.05) is 6.26 Å². The van der Waals surface area contributed by atoms with Crippen molar-refractivity contribution in [2.75, 3.05) is 18.8 Å². The molecule has 2 heterocycles. The van der Waals surface area contributed by atoms with Crippen LogP contribution in [0, 0.1) is 0 Å². The van der Waals surface area contributed by atoms with Crippen LogP contribution in [-0.2, 0) is 9.45 Å². The van der Waals surface area contributed by atoms with Gasteiger partial charge in [-0.25, -0.2) is 8.63 Å². The normalized spacial score (nSPS) is 18.5. The summed E-state index contributed by atoms with van der Waals surface area (Å²) in [5.41, 5.74) is 0. The average molecular weight is 521 g/mol. The van der Waals surface area contributed by atoms with Gasteiger partial charge in [0.05, 0.1) is 36.1 Å². The first kappa shape index (κ1) is 24.4. The van der Waals surface area contributed by atoms with E-state index in [4.69, 9.17) is 0 Å². The number of ketones is 1. The summed E-state index contributed by atoms with van der Waals surface area (Å²) in [5, 5.41) is 0. The Morgan fingerprint density at radius 2 is 1.26 bits per heavy atom. The van der Waals surface area contributed by atoms with E-state index in [1.165, 1.54) is 42.6 Å². The Balaban J connectivity index is 2.23. The molecule has 2 aliphatic heterocycles. The number of allylic oxidation sites excluding steroid dienone is 2. The number of thioether (sulfide) groups is 8. The van der Waals surface area contributed by atoms with Gasteiger partial charge in [-0.15, -0.1) is 35.3 Å². The summed E-state index contributed by atoms with van der Waals surface area (Å²) in [6, 6.07) is 0. The molecular formula is C14H15BF2O2S8. The van der Waals surface area contributed by atoms with Crippen LogP contribution in [0.3, 0.4) is 0 Å². The van der Waals surface area contributed by atoms with Gasteiger partial charge in [-0.1, -0.05) is 58.8 Å². The summed E-state index contributed by atoms with van der Waals surface area (Å²) in [7, 11) is -2.94. The molecule has 2 rings (SSSR count). The van der Waals surface area contributed by atoms with E-state index in [1.54, 1.807) is 82.3 Å². The van der Waals surface area contributed by atoms with Gasteiger partial charge in [0.15, 0.2) is 5.78 Å². The zero-order chi connectivity index (χ0) is 20.1. The van der Waals surface area contributed by atoms with Gasteiger partial charge < -0.3 is 4.65 Å². The number of hydrogen-bond acceptors (Lipinski definition) is 10. The first-order valence-electron chi connectivity index (χ1n) is 7.21. The van der Waals surface area contributed by atoms with Crippen molar-refractivity contribution in [2.24, 2.45) is 0 Å². The maximum absolute atomic E-state index is 12.5. The Hall–Kier alpha value is 1.15. The van der Waals surface area contributed by atoms with Crippen LogP contribution < -0.4 is 0 Å². The largest absolute Gasteiger partial charge is 0.796 e. The second kappa shape index (κ2) is 11.5. The number of carbonyl (C=O) groups is 1. The summed E-state index contributed by atoms with van der Waals surface area (Å²) in [4.78, 5) is 12.2. The van der Waals surface area contributed by atoms with Crippen LogP contribution in [0.1, 0.15) is 13.8 Å². The molecule has 0 N–H and O–H groups in total. The van der Waals surface area contributed by atoms with E-state index >= 15 is 0 Å². The van der Waals surface area contributed by atoms with E-state index in [9.17, 15) is 13.4 Å². The van der Waals surface area contributed by atoms with Crippen LogP contribution in [0.5, 0.6) is 0 Å². The van der Waals surface area contributed by atoms with Crippen molar-refractivity contribution in [1.29, 1.82) is 0 Å². The Kier molecular flexibility index (Phi) is 10.4. The number of halogens is 2. The van der Waals surface area contributed by atoms with Crippen molar-refractivity contribution in [3.8, 4) is 0 Å². The predicted molar refractivity (Wildman–Crippen MR) is 132 cm³/mol. The topological polar surface area (TPSA) is 26.3 Å². The van der Waals surface area contributed by atoms with Crippen LogP contribution in [0.15, 0.2) is 36.1 Å². The summed E-state index contributed by atoms with van der Waals surface area (Å²) in [6.07, 6.45) is 6.12. The zero-order valence-electron chi connectivity index (χ0n) is 14.9. The fraction of sp³-hybridized carbons (Fsp3) is 0.357. The molecule has 0 amide bonds. The molecule has 2 aliphatic rings. The van der Waals surface area contributed by atoms with Gasteiger partial charge in [-0.3, -0.25) is 4.79 Å². The third kappa shape index (κ3) is 6.57. The predicted octanol–water partition coefficient (Wildman–Crippen LogP) is 7.91. The third-order valence-corrected chi connectivity index (χ3v) is 14.2. The van der Waals surface area contributed by atoms with E-state index in [0.717, 1.165) is 8.47 Å². The van der Waals surface area contributed by atoms with E-state index in [-0.39, 0.29) is 16.4 Å². The number of hydrogen-bond donors (Lipinski definition) is 0. The molecule has 27 heavy (non-hydrogen) atoms. The van der Waals surface area contributed by atoms with Crippen molar-refractivity contribution in [3.63, 3.8) is 0 Å². The van der Waals surface area contributed by atoms with Gasteiger partial charge in [-0.2, -0.15) is 0 Å². The molecule has 0 radical (unpaired) electrons. The lowest BCUT2D eigenvalue weighted by Crippen LogP contribution is -2.07. The number of carbonyl (C=O) groups excluding carboxylic acids is 1. The molecule has 0 spiro atoms. The Morgan fingerprint density at radius 3 is 1.63 bits per heavy atom. The highest BCUT2D eigenvalue weighted by atomic mass is 32.3. The Morgan fingerprint density at radius 1 is 0.852 bits per heavy atom. The lowest BCUT2D eigenvalue weighted by molar-refractivity contribution is -0.113. The van der Waals surface area contributed by atoms with Gasteiger partial charge in [0.25, 0.3) is 0 Å². The van der Waals surface area contributed by atoms with Gasteiger partial charge in [0.1, 0.15) is 0 Å². The van der Waals surface area contributed by atoms with Crippen LogP contribution in [-0.4, -0.2) is 32.0 Å². The van der Waals surface area contributed by atoms with E-state index < -0.39 is 7.47 Å². The van der Waals surface area contributed by atoms with Crippen molar-refractivity contribution < 1.29 is 18.1 Å². The van der Waals surface area contributed by atoms with Gasteiger partial charge in [0, 0.05) is 0 Å². The maximum Gasteiger partial charge on any atom is 0.796 e. The molecule has 148 valence electrons. The molecule has 0 saturated heterocycles. The lowest BCUT2D eigenvalue weighted by Gasteiger charge is -2.10. The van der Waals surface area contributed by atoms with Crippen molar-refractivity contribution in [1.82, 2.24) is 0 Å². The number of rotatable bonds is 8. The molecule has 0 unspecified atom stereocenters. The monoisotopic (exact) mass is 520 g/mol. The fourth-order valence-corrected chi connectivity index (χ4v) is 12.4. The van der Waals surface area contributed by atoms with Crippen LogP contribution in [0.4, 0.5) is 8.63 Å². The molecule has 0 aromatic carbocycles. The van der Waals surface area contributed by atoms with E-state index in [0.29, 0.717) is 0 Å². The van der Waals surface area contributed by atoms with Gasteiger partial charge >= 0.3 is 7.47 Å². The van der Waals surface area contributed by atoms with Gasteiger partial charge in [0.2, 0.25) is 0 Å². The molecule has 0 fully saturated rings. The van der Waals surface area contributed by atoms with Crippen LogP contribution in [0.25, 0.3) is 0 Å². The SMILES string of the molecule is CSC1=C(SC)SC(=C2SC(SC)=C(S/C(C(C)=O)=C(\C)OB(F)F)S2)S1. The fourth-order valence-electron chi connectivity index (χ4n) is 1.82. The second-order valence-electron chi connectivity index (χ2n) is 4.67. The third-order valence-electron chi connectivity index (χ3n) is 2.90. The number of Topliss-reactive ketones (excluding diaryl/α,β-unsaturated/α-hetero) is 1. The first-order valence-corrected chi connectivity index (χ1v) is 15.0. The molecule has 13 heteroatoms. The molecule has 0 bridgehead atoms. The highest BCUT2D eigenvalue weighted by molar-refractivity contribution is 8.45. The average Bonchev–Trinajstić information content (AvgIpc) is 3.21. The Bertz CT molecular complexity index is 729. The smallest absolute Gasteiger partial charge is 0.508 e. The standard InChI is InChI=1S/C14H15BF2O2S8/c1-6(18)8(7(2)19-15(16)17)23-12-11(22-5)26-14(27-12)13-24-9(20-3)10(21-4)25-13/h1-5H3/b8-7+. The first-order chi connectivity index (χ1) is 12.8. The van der Waals surface area contributed by atoms with Crippen LogP contribution >= 0.6 is 94.1 Å². The minimum absolute atomic E-state index is 0.0391. The summed E-state index contributed by atoms with van der Waals surface area (Å²) in [6.45, 7) is 2.78. The van der Waals surface area contributed by atoms with Crippen LogP contribution in [0.2, 0.25) is 0 Å². The molecule has 0 aromatic heterocycles. The highest BCUT2D eigenvalue weighted by Crippen LogP contribution is 2.66. The van der Waals surface area contributed by atoms with Crippen molar-refractivity contribution in [3.05, 3.63) is 36.1 Å². The second-order valence-corrected chi connectivity index (χ2v) is 13.8. The quantitative estimate of drug-likeness (QED) is 0.178. The van der Waals surface area contributed by atoms with Gasteiger partial charge in [-0.05, 0) is 32.6 Å². The molecule has 0 aromatic rings. The molecule has 2 nitrogen and oxygen atoms in total. The minimum atomic E-state index is -2.94. The summed E-state index contributed by atoms with van der Waals surface area (Å²) >= 11 is 13.1. The highest BCUT2D eigenvalue weighted by Gasteiger charge is 2.31. The molecular weight excluding hydrogens is 505 g/mol. The maximum atomic E-state index is 12.5. The zero-order valence-corrected chi connectivity index (χ0v) is 21.4. The van der Waals surface area contributed by atoms with E-state index in [2.05, 4.69) is 17.2 Å².